The number of hydrogen-bond donors (Lipinski definition) is 2. The van der Waals surface area contributed by atoms with Crippen LogP contribution < -0.4 is 15.4 Å². The van der Waals surface area contributed by atoms with Gasteiger partial charge in [0.05, 0.1) is 18.8 Å². The molecule has 0 unspecified atom stereocenters. The minimum Gasteiger partial charge on any atom is -0.492 e. The van der Waals surface area contributed by atoms with Crippen LogP contribution in [0.1, 0.15) is 38.2 Å². The Labute approximate surface area is 120 Å². The quantitative estimate of drug-likeness (QED) is 0.840. The highest BCUT2D eigenvalue weighted by atomic mass is 16.5. The van der Waals surface area contributed by atoms with Crippen molar-refractivity contribution in [2.24, 2.45) is 0 Å². The van der Waals surface area contributed by atoms with Crippen LogP contribution in [0.15, 0.2) is 18.2 Å². The predicted octanol–water partition coefficient (Wildman–Crippen LogP) is 2.86. The van der Waals surface area contributed by atoms with Crippen molar-refractivity contribution in [1.82, 2.24) is 5.32 Å². The summed E-state index contributed by atoms with van der Waals surface area (Å²) in [5, 5.41) is 6.23. The molecule has 1 fully saturated rings. The molecule has 2 rings (SSSR count). The van der Waals surface area contributed by atoms with E-state index in [0.29, 0.717) is 19.2 Å². The molecule has 1 amide bonds. The van der Waals surface area contributed by atoms with Gasteiger partial charge >= 0.3 is 0 Å². The van der Waals surface area contributed by atoms with Gasteiger partial charge in [-0.1, -0.05) is 18.9 Å². The summed E-state index contributed by atoms with van der Waals surface area (Å²) in [6, 6.07) is 6.32. The van der Waals surface area contributed by atoms with Gasteiger partial charge < -0.3 is 15.4 Å². The molecule has 0 aliphatic heterocycles. The highest BCUT2D eigenvalue weighted by Gasteiger charge is 2.15. The number of carbonyl (C=O) groups is 1. The minimum atomic E-state index is -0.0123. The van der Waals surface area contributed by atoms with Gasteiger partial charge in [0.15, 0.2) is 0 Å². The second kappa shape index (κ2) is 7.29. The summed E-state index contributed by atoms with van der Waals surface area (Å²) in [4.78, 5) is 12.0. The molecule has 4 nitrogen and oxygen atoms in total. The third-order valence-electron chi connectivity index (χ3n) is 3.62. The SMILES string of the molecule is CCOc1cc(C)ccc1NC(=O)CNC1CCCC1. The van der Waals surface area contributed by atoms with Gasteiger partial charge in [-0.2, -0.15) is 0 Å². The molecule has 0 saturated heterocycles. The van der Waals surface area contributed by atoms with Crippen LogP contribution in [0.2, 0.25) is 0 Å². The molecule has 1 saturated carbocycles. The van der Waals surface area contributed by atoms with E-state index in [0.717, 1.165) is 17.0 Å². The highest BCUT2D eigenvalue weighted by Crippen LogP contribution is 2.25. The van der Waals surface area contributed by atoms with Crippen molar-refractivity contribution in [3.63, 3.8) is 0 Å². The number of hydrogen-bond acceptors (Lipinski definition) is 3. The standard InChI is InChI=1S/C16H24N2O2/c1-3-20-15-10-12(2)8-9-14(15)18-16(19)11-17-13-6-4-5-7-13/h8-10,13,17H,3-7,11H2,1-2H3,(H,18,19). The third kappa shape index (κ3) is 4.23. The Morgan fingerprint density at radius 1 is 1.35 bits per heavy atom. The van der Waals surface area contributed by atoms with Crippen LogP contribution in [0.5, 0.6) is 5.75 Å². The van der Waals surface area contributed by atoms with E-state index in [1.165, 1.54) is 25.7 Å². The summed E-state index contributed by atoms with van der Waals surface area (Å²) in [5.41, 5.74) is 1.87. The van der Waals surface area contributed by atoms with Gasteiger partial charge in [0.25, 0.3) is 0 Å². The Balaban J connectivity index is 1.89. The number of aryl methyl sites for hydroxylation is 1. The molecule has 0 aromatic heterocycles. The molecule has 1 aromatic rings. The zero-order valence-electron chi connectivity index (χ0n) is 12.4. The Morgan fingerprint density at radius 2 is 2.10 bits per heavy atom. The number of anilines is 1. The number of ether oxygens (including phenoxy) is 1. The molecule has 0 radical (unpaired) electrons. The Kier molecular flexibility index (Phi) is 5.41. The fraction of sp³-hybridized carbons (Fsp3) is 0.562. The van der Waals surface area contributed by atoms with Crippen LogP contribution >= 0.6 is 0 Å². The van der Waals surface area contributed by atoms with Crippen molar-refractivity contribution < 1.29 is 9.53 Å². The minimum absolute atomic E-state index is 0.0123. The van der Waals surface area contributed by atoms with Crippen molar-refractivity contribution >= 4 is 11.6 Å². The smallest absolute Gasteiger partial charge is 0.238 e. The molecular weight excluding hydrogens is 252 g/mol. The van der Waals surface area contributed by atoms with Crippen molar-refractivity contribution in [3.8, 4) is 5.75 Å². The normalized spacial score (nSPS) is 15.3. The Morgan fingerprint density at radius 3 is 2.80 bits per heavy atom. The molecule has 0 atom stereocenters. The Bertz CT molecular complexity index is 454. The van der Waals surface area contributed by atoms with Crippen LogP contribution in [0.25, 0.3) is 0 Å². The summed E-state index contributed by atoms with van der Waals surface area (Å²) in [6.07, 6.45) is 4.90. The van der Waals surface area contributed by atoms with Crippen molar-refractivity contribution in [2.45, 2.75) is 45.6 Å². The number of benzene rings is 1. The summed E-state index contributed by atoms with van der Waals surface area (Å²) in [7, 11) is 0. The molecule has 2 N–H and O–H groups in total. The number of rotatable bonds is 6. The van der Waals surface area contributed by atoms with Gasteiger partial charge in [-0.15, -0.1) is 0 Å². The van der Waals surface area contributed by atoms with Crippen molar-refractivity contribution in [3.05, 3.63) is 23.8 Å². The lowest BCUT2D eigenvalue weighted by Gasteiger charge is -2.14. The lowest BCUT2D eigenvalue weighted by molar-refractivity contribution is -0.115. The third-order valence-corrected chi connectivity index (χ3v) is 3.62. The first-order valence-electron chi connectivity index (χ1n) is 7.45. The molecule has 0 heterocycles. The van der Waals surface area contributed by atoms with E-state index in [1.807, 2.05) is 32.0 Å². The first-order valence-corrected chi connectivity index (χ1v) is 7.45. The van der Waals surface area contributed by atoms with Crippen molar-refractivity contribution in [1.29, 1.82) is 0 Å². The van der Waals surface area contributed by atoms with E-state index in [-0.39, 0.29) is 5.91 Å². The maximum Gasteiger partial charge on any atom is 0.238 e. The summed E-state index contributed by atoms with van der Waals surface area (Å²) in [5.74, 6) is 0.725. The molecule has 110 valence electrons. The number of amides is 1. The van der Waals surface area contributed by atoms with Gasteiger partial charge in [-0.3, -0.25) is 4.79 Å². The zero-order chi connectivity index (χ0) is 14.4. The average molecular weight is 276 g/mol. The molecule has 0 bridgehead atoms. The second-order valence-electron chi connectivity index (χ2n) is 5.34. The van der Waals surface area contributed by atoms with Crippen LogP contribution in [-0.4, -0.2) is 25.1 Å². The van der Waals surface area contributed by atoms with Crippen LogP contribution in [-0.2, 0) is 4.79 Å². The molecule has 1 aromatic carbocycles. The number of carbonyl (C=O) groups excluding carboxylic acids is 1. The van der Waals surface area contributed by atoms with Crippen LogP contribution in [0, 0.1) is 6.92 Å². The number of nitrogens with one attached hydrogen (secondary N) is 2. The lowest BCUT2D eigenvalue weighted by Crippen LogP contribution is -2.34. The fourth-order valence-corrected chi connectivity index (χ4v) is 2.57. The van der Waals surface area contributed by atoms with Crippen molar-refractivity contribution in [2.75, 3.05) is 18.5 Å². The first kappa shape index (κ1) is 14.9. The molecule has 1 aliphatic carbocycles. The van der Waals surface area contributed by atoms with Gasteiger partial charge in [-0.05, 0) is 44.4 Å². The van der Waals surface area contributed by atoms with E-state index in [2.05, 4.69) is 10.6 Å². The predicted molar refractivity (Wildman–Crippen MR) is 81.2 cm³/mol. The summed E-state index contributed by atoms with van der Waals surface area (Å²) >= 11 is 0. The van der Waals surface area contributed by atoms with Gasteiger partial charge in [0, 0.05) is 6.04 Å². The van der Waals surface area contributed by atoms with Gasteiger partial charge in [0.1, 0.15) is 5.75 Å². The van der Waals surface area contributed by atoms with Crippen LogP contribution in [0.4, 0.5) is 5.69 Å². The maximum absolute atomic E-state index is 12.0. The van der Waals surface area contributed by atoms with Crippen LogP contribution in [0.3, 0.4) is 0 Å². The summed E-state index contributed by atoms with van der Waals surface area (Å²) in [6.45, 7) is 4.90. The lowest BCUT2D eigenvalue weighted by atomic mass is 10.2. The van der Waals surface area contributed by atoms with E-state index < -0.39 is 0 Å². The molecular formula is C16H24N2O2. The molecule has 20 heavy (non-hydrogen) atoms. The first-order chi connectivity index (χ1) is 9.69. The molecule has 4 heteroatoms. The molecule has 0 spiro atoms. The van der Waals surface area contributed by atoms with E-state index in [4.69, 9.17) is 4.74 Å². The maximum atomic E-state index is 12.0. The largest absolute Gasteiger partial charge is 0.492 e. The topological polar surface area (TPSA) is 50.4 Å². The van der Waals surface area contributed by atoms with E-state index >= 15 is 0 Å². The fourth-order valence-electron chi connectivity index (χ4n) is 2.57. The average Bonchev–Trinajstić information content (AvgIpc) is 2.93. The van der Waals surface area contributed by atoms with E-state index in [9.17, 15) is 4.79 Å². The Hall–Kier alpha value is -1.55. The molecule has 1 aliphatic rings. The summed E-state index contributed by atoms with van der Waals surface area (Å²) < 4.78 is 5.56. The second-order valence-corrected chi connectivity index (χ2v) is 5.34. The monoisotopic (exact) mass is 276 g/mol. The van der Waals surface area contributed by atoms with E-state index in [1.54, 1.807) is 0 Å². The van der Waals surface area contributed by atoms with Gasteiger partial charge in [-0.25, -0.2) is 0 Å². The highest BCUT2D eigenvalue weighted by molar-refractivity contribution is 5.93. The van der Waals surface area contributed by atoms with Gasteiger partial charge in [0.2, 0.25) is 5.91 Å². The zero-order valence-corrected chi connectivity index (χ0v) is 12.4.